The summed E-state index contributed by atoms with van der Waals surface area (Å²) in [7, 11) is -3.37. The predicted octanol–water partition coefficient (Wildman–Crippen LogP) is 2.87. The second kappa shape index (κ2) is 7.98. The SMILES string of the molecule is CCc1ncc(CN2CCCC(c3ncc(Cl)cc3S(C)(=O)=O)C2)cn1. The lowest BCUT2D eigenvalue weighted by atomic mass is 9.94. The van der Waals surface area contributed by atoms with Gasteiger partial charge in [0.2, 0.25) is 0 Å². The van der Waals surface area contributed by atoms with Gasteiger partial charge in [0.25, 0.3) is 0 Å². The minimum Gasteiger partial charge on any atom is -0.298 e. The van der Waals surface area contributed by atoms with Crippen LogP contribution in [-0.2, 0) is 22.8 Å². The van der Waals surface area contributed by atoms with Crippen molar-refractivity contribution in [3.8, 4) is 0 Å². The molecule has 1 unspecified atom stereocenters. The molecule has 1 aliphatic heterocycles. The smallest absolute Gasteiger partial charge is 0.177 e. The molecule has 0 amide bonds. The highest BCUT2D eigenvalue weighted by molar-refractivity contribution is 7.90. The summed E-state index contributed by atoms with van der Waals surface area (Å²) in [6, 6.07) is 1.51. The van der Waals surface area contributed by atoms with Gasteiger partial charge >= 0.3 is 0 Å². The third-order valence-corrected chi connectivity index (χ3v) is 5.95. The molecular formula is C18H23ClN4O2S. The number of rotatable bonds is 5. The Hall–Kier alpha value is -1.57. The van der Waals surface area contributed by atoms with Gasteiger partial charge in [0, 0.05) is 55.8 Å². The molecule has 1 aliphatic rings. The monoisotopic (exact) mass is 394 g/mol. The lowest BCUT2D eigenvalue weighted by Crippen LogP contribution is -2.34. The fraction of sp³-hybridized carbons (Fsp3) is 0.500. The second-order valence-electron chi connectivity index (χ2n) is 6.74. The molecular weight excluding hydrogens is 372 g/mol. The normalized spacial score (nSPS) is 18.8. The maximum atomic E-state index is 12.2. The highest BCUT2D eigenvalue weighted by Gasteiger charge is 2.27. The molecule has 0 aromatic carbocycles. The summed E-state index contributed by atoms with van der Waals surface area (Å²) >= 11 is 5.97. The van der Waals surface area contributed by atoms with Crippen molar-refractivity contribution in [1.29, 1.82) is 0 Å². The van der Waals surface area contributed by atoms with Crippen molar-refractivity contribution < 1.29 is 8.42 Å². The van der Waals surface area contributed by atoms with Crippen molar-refractivity contribution >= 4 is 21.4 Å². The second-order valence-corrected chi connectivity index (χ2v) is 9.17. The molecule has 140 valence electrons. The third-order valence-electron chi connectivity index (χ3n) is 4.62. The number of aromatic nitrogens is 3. The number of sulfone groups is 1. The summed E-state index contributed by atoms with van der Waals surface area (Å²) in [5.74, 6) is 0.912. The molecule has 6 nitrogen and oxygen atoms in total. The van der Waals surface area contributed by atoms with Gasteiger partial charge in [0.15, 0.2) is 9.84 Å². The lowest BCUT2D eigenvalue weighted by molar-refractivity contribution is 0.197. The molecule has 0 radical (unpaired) electrons. The number of halogens is 1. The summed E-state index contributed by atoms with van der Waals surface area (Å²) in [5.41, 5.74) is 1.69. The predicted molar refractivity (Wildman–Crippen MR) is 101 cm³/mol. The minimum absolute atomic E-state index is 0.0709. The Morgan fingerprint density at radius 3 is 2.62 bits per heavy atom. The van der Waals surface area contributed by atoms with E-state index in [1.165, 1.54) is 18.5 Å². The first-order valence-corrected chi connectivity index (χ1v) is 11.0. The van der Waals surface area contributed by atoms with Crippen LogP contribution in [0.3, 0.4) is 0 Å². The number of piperidine rings is 1. The molecule has 0 spiro atoms. The summed E-state index contributed by atoms with van der Waals surface area (Å²) < 4.78 is 24.3. The zero-order valence-electron chi connectivity index (χ0n) is 15.0. The van der Waals surface area contributed by atoms with Crippen molar-refractivity contribution in [3.05, 3.63) is 46.8 Å². The molecule has 1 atom stereocenters. The van der Waals surface area contributed by atoms with Gasteiger partial charge in [-0.2, -0.15) is 0 Å². The summed E-state index contributed by atoms with van der Waals surface area (Å²) in [4.78, 5) is 15.6. The molecule has 0 bridgehead atoms. The molecule has 2 aromatic rings. The summed E-state index contributed by atoms with van der Waals surface area (Å²) in [5, 5.41) is 0.343. The van der Waals surface area contributed by atoms with Crippen LogP contribution in [0.15, 0.2) is 29.6 Å². The molecule has 0 aliphatic carbocycles. The molecule has 2 aromatic heterocycles. The van der Waals surface area contributed by atoms with Crippen molar-refractivity contribution in [2.45, 2.75) is 43.5 Å². The van der Waals surface area contributed by atoms with E-state index >= 15 is 0 Å². The lowest BCUT2D eigenvalue weighted by Gasteiger charge is -2.33. The number of hydrogen-bond donors (Lipinski definition) is 0. The Kier molecular flexibility index (Phi) is 5.89. The van der Waals surface area contributed by atoms with Gasteiger partial charge < -0.3 is 0 Å². The van der Waals surface area contributed by atoms with Crippen LogP contribution in [0.1, 0.15) is 42.8 Å². The first-order valence-electron chi connectivity index (χ1n) is 8.74. The van der Waals surface area contributed by atoms with Crippen molar-refractivity contribution in [2.24, 2.45) is 0 Å². The van der Waals surface area contributed by atoms with E-state index in [1.807, 2.05) is 19.3 Å². The van der Waals surface area contributed by atoms with Crippen LogP contribution >= 0.6 is 11.6 Å². The molecule has 1 fully saturated rings. The van der Waals surface area contributed by atoms with E-state index in [9.17, 15) is 8.42 Å². The highest BCUT2D eigenvalue weighted by atomic mass is 35.5. The fourth-order valence-corrected chi connectivity index (χ4v) is 4.52. The molecule has 8 heteroatoms. The van der Waals surface area contributed by atoms with Crippen LogP contribution in [0.2, 0.25) is 5.02 Å². The van der Waals surface area contributed by atoms with E-state index in [1.54, 1.807) is 0 Å². The molecule has 0 N–H and O–H groups in total. The molecule has 3 heterocycles. The van der Waals surface area contributed by atoms with Gasteiger partial charge in [-0.1, -0.05) is 18.5 Å². The maximum absolute atomic E-state index is 12.2. The standard InChI is InChI=1S/C18H23ClN4O2S/c1-3-17-20-8-13(9-21-17)11-23-6-4-5-14(12-23)18-16(26(2,24)25)7-15(19)10-22-18/h7-10,14H,3-6,11-12H2,1-2H3. The average Bonchev–Trinajstić information content (AvgIpc) is 2.62. The van der Waals surface area contributed by atoms with Crippen LogP contribution in [-0.4, -0.2) is 47.6 Å². The van der Waals surface area contributed by atoms with Crippen LogP contribution in [0.5, 0.6) is 0 Å². The average molecular weight is 395 g/mol. The molecule has 1 saturated heterocycles. The Morgan fingerprint density at radius 1 is 1.23 bits per heavy atom. The zero-order valence-corrected chi connectivity index (χ0v) is 16.6. The van der Waals surface area contributed by atoms with Crippen LogP contribution in [0.25, 0.3) is 0 Å². The van der Waals surface area contributed by atoms with E-state index in [0.29, 0.717) is 10.7 Å². The zero-order chi connectivity index (χ0) is 18.7. The third kappa shape index (κ3) is 4.58. The number of pyridine rings is 1. The quantitative estimate of drug-likeness (QED) is 0.776. The van der Waals surface area contributed by atoms with E-state index in [2.05, 4.69) is 19.9 Å². The Labute approximate surface area is 159 Å². The van der Waals surface area contributed by atoms with E-state index < -0.39 is 9.84 Å². The number of likely N-dealkylation sites (tertiary alicyclic amines) is 1. The van der Waals surface area contributed by atoms with E-state index in [-0.39, 0.29) is 10.8 Å². The topological polar surface area (TPSA) is 76.1 Å². The van der Waals surface area contributed by atoms with Gasteiger partial charge in [-0.15, -0.1) is 0 Å². The van der Waals surface area contributed by atoms with Gasteiger partial charge in [0.05, 0.1) is 15.6 Å². The summed E-state index contributed by atoms with van der Waals surface area (Å²) in [6.45, 7) is 4.51. The van der Waals surface area contributed by atoms with Gasteiger partial charge in [-0.25, -0.2) is 18.4 Å². The fourth-order valence-electron chi connectivity index (χ4n) is 3.36. The Morgan fingerprint density at radius 2 is 1.96 bits per heavy atom. The number of nitrogens with zero attached hydrogens (tertiary/aromatic N) is 4. The Balaban J connectivity index is 1.78. The molecule has 0 saturated carbocycles. The molecule has 3 rings (SSSR count). The van der Waals surface area contributed by atoms with Crippen molar-refractivity contribution in [3.63, 3.8) is 0 Å². The largest absolute Gasteiger partial charge is 0.298 e. The first-order chi connectivity index (χ1) is 12.4. The van der Waals surface area contributed by atoms with Gasteiger partial charge in [-0.05, 0) is 25.5 Å². The number of aryl methyl sites for hydroxylation is 1. The Bertz CT molecular complexity index is 871. The number of hydrogen-bond acceptors (Lipinski definition) is 6. The van der Waals surface area contributed by atoms with Crippen molar-refractivity contribution in [2.75, 3.05) is 19.3 Å². The van der Waals surface area contributed by atoms with E-state index in [4.69, 9.17) is 11.6 Å². The highest BCUT2D eigenvalue weighted by Crippen LogP contribution is 2.31. The van der Waals surface area contributed by atoms with Crippen LogP contribution in [0.4, 0.5) is 0 Å². The van der Waals surface area contributed by atoms with Crippen LogP contribution in [0, 0.1) is 0 Å². The van der Waals surface area contributed by atoms with Crippen molar-refractivity contribution in [1.82, 2.24) is 19.9 Å². The molecule has 26 heavy (non-hydrogen) atoms. The van der Waals surface area contributed by atoms with E-state index in [0.717, 1.165) is 50.3 Å². The maximum Gasteiger partial charge on any atom is 0.177 e. The first kappa shape index (κ1) is 19.2. The van der Waals surface area contributed by atoms with Gasteiger partial charge in [0.1, 0.15) is 5.82 Å². The minimum atomic E-state index is -3.37. The van der Waals surface area contributed by atoms with Gasteiger partial charge in [-0.3, -0.25) is 9.88 Å². The van der Waals surface area contributed by atoms with Crippen LogP contribution < -0.4 is 0 Å². The summed E-state index contributed by atoms with van der Waals surface area (Å²) in [6.07, 6.45) is 9.21.